The van der Waals surface area contributed by atoms with Gasteiger partial charge in [0.2, 0.25) is 11.8 Å². The molecule has 2 fully saturated rings. The van der Waals surface area contributed by atoms with Crippen LogP contribution in [0.4, 0.5) is 10.1 Å². The molecular weight excluding hydrogens is 732 g/mol. The molecule has 2 amide bonds. The van der Waals surface area contributed by atoms with Gasteiger partial charge in [0.25, 0.3) is 8.32 Å². The molecule has 4 aromatic carbocycles. The highest BCUT2D eigenvalue weighted by Gasteiger charge is 2.58. The highest BCUT2D eigenvalue weighted by atomic mass is 28.4. The van der Waals surface area contributed by atoms with Crippen molar-refractivity contribution in [1.29, 1.82) is 0 Å². The minimum atomic E-state index is -2.97. The number of carbonyl (C=O) groups excluding carboxylic acids is 2. The van der Waals surface area contributed by atoms with Crippen molar-refractivity contribution in [2.45, 2.75) is 51.2 Å². The maximum atomic E-state index is 14.5. The fraction of sp³-hybridized carbons (Fsp3) is 0.271. The van der Waals surface area contributed by atoms with Crippen LogP contribution in [0.2, 0.25) is 5.04 Å². The van der Waals surface area contributed by atoms with E-state index >= 15 is 0 Å². The molecule has 2 aliphatic heterocycles. The number of aromatic nitrogens is 1. The molecule has 1 N–H and O–H groups in total. The first-order valence-corrected chi connectivity index (χ1v) is 21.6. The number of allylic oxidation sites excluding steroid dienone is 1. The van der Waals surface area contributed by atoms with E-state index in [1.54, 1.807) is 12.3 Å². The average Bonchev–Trinajstić information content (AvgIpc) is 3.76. The van der Waals surface area contributed by atoms with E-state index in [4.69, 9.17) is 9.16 Å². The molecule has 2 saturated heterocycles. The Hall–Kier alpha value is -5.48. The molecule has 1 aromatic heterocycles. The molecule has 5 aromatic rings. The molecule has 290 valence electrons. The van der Waals surface area contributed by atoms with E-state index in [2.05, 4.69) is 74.3 Å². The molecular formula is C48H47FN2O5Si. The largest absolute Gasteiger partial charge is 0.505 e. The van der Waals surface area contributed by atoms with Gasteiger partial charge in [-0.1, -0.05) is 112 Å². The first-order valence-electron chi connectivity index (χ1n) is 19.7. The zero-order chi connectivity index (χ0) is 39.7. The Labute approximate surface area is 334 Å². The van der Waals surface area contributed by atoms with Gasteiger partial charge in [-0.25, -0.2) is 4.39 Å². The van der Waals surface area contributed by atoms with E-state index in [0.717, 1.165) is 32.8 Å². The molecule has 0 spiro atoms. The van der Waals surface area contributed by atoms with Gasteiger partial charge in [0.15, 0.2) is 11.6 Å². The van der Waals surface area contributed by atoms with Crippen molar-refractivity contribution < 1.29 is 28.2 Å². The number of hydrogen-bond acceptors (Lipinski definition) is 6. The van der Waals surface area contributed by atoms with Gasteiger partial charge in [-0.05, 0) is 99.4 Å². The third kappa shape index (κ3) is 7.20. The van der Waals surface area contributed by atoms with Crippen molar-refractivity contribution in [3.63, 3.8) is 0 Å². The minimum Gasteiger partial charge on any atom is -0.505 e. The Balaban J connectivity index is 1.19. The molecule has 7 nitrogen and oxygen atoms in total. The number of nitrogens with zero attached hydrogens (tertiary/aromatic N) is 2. The van der Waals surface area contributed by atoms with Gasteiger partial charge in [0.1, 0.15) is 0 Å². The van der Waals surface area contributed by atoms with Crippen molar-refractivity contribution in [3.8, 4) is 5.75 Å². The third-order valence-electron chi connectivity index (χ3n) is 11.9. The number of aromatic hydroxyl groups is 1. The summed E-state index contributed by atoms with van der Waals surface area (Å²) in [6.45, 7) is 7.36. The summed E-state index contributed by atoms with van der Waals surface area (Å²) in [5, 5.41) is 11.9. The summed E-state index contributed by atoms with van der Waals surface area (Å²) in [7, 11) is -2.97. The number of imide groups is 1. The number of rotatable bonds is 11. The second-order valence-corrected chi connectivity index (χ2v) is 20.6. The lowest BCUT2D eigenvalue weighted by Gasteiger charge is -2.44. The molecule has 9 heteroatoms. The Morgan fingerprint density at radius 1 is 0.877 bits per heavy atom. The number of fused-ring (bicyclic) bond motifs is 3. The van der Waals surface area contributed by atoms with Crippen LogP contribution >= 0.6 is 0 Å². The molecule has 0 radical (unpaired) electrons. The molecule has 1 aliphatic carbocycles. The van der Waals surface area contributed by atoms with E-state index < -0.39 is 31.7 Å². The number of ether oxygens (including phenoxy) is 1. The van der Waals surface area contributed by atoms with Crippen LogP contribution in [0.1, 0.15) is 51.3 Å². The first-order chi connectivity index (χ1) is 27.6. The van der Waals surface area contributed by atoms with Gasteiger partial charge in [-0.15, -0.1) is 0 Å². The second-order valence-electron chi connectivity index (χ2n) is 16.3. The van der Waals surface area contributed by atoms with Gasteiger partial charge in [-0.2, -0.15) is 0 Å². The lowest BCUT2D eigenvalue weighted by molar-refractivity contribution is -0.122. The quantitative estimate of drug-likeness (QED) is 0.0825. The standard InChI is InChI=1S/C48H47FN2O5Si/c1-48(2,3)57(36-17-9-5-10-18-36,37-19-11-6-12-20-37)56-30-34-29-38-45(47(54)51(46(38)53)35-15-7-4-8-16-35)39-31-55-43(44(34)39)25-23-33(41-21-13-14-26-50-41)27-32-22-24-42(52)40(49)28-32/h4-22,24,26-28,38-39,43,45,52H,23,25,29-31H2,1-3H3/b33-27-/t38-,39+,43-,45-/m1/s1. The number of para-hydroxylation sites is 1. The molecule has 0 bridgehead atoms. The van der Waals surface area contributed by atoms with E-state index in [1.807, 2.05) is 66.7 Å². The number of anilines is 1. The summed E-state index contributed by atoms with van der Waals surface area (Å²) < 4.78 is 28.7. The topological polar surface area (TPSA) is 89.0 Å². The van der Waals surface area contributed by atoms with E-state index in [9.17, 15) is 19.1 Å². The van der Waals surface area contributed by atoms with Crippen LogP contribution in [-0.4, -0.2) is 49.5 Å². The monoisotopic (exact) mass is 778 g/mol. The normalized spacial score (nSPS) is 21.2. The van der Waals surface area contributed by atoms with E-state index in [-0.39, 0.29) is 28.9 Å². The Morgan fingerprint density at radius 2 is 1.53 bits per heavy atom. The number of phenols is 1. The van der Waals surface area contributed by atoms with Gasteiger partial charge in [0, 0.05) is 12.1 Å². The van der Waals surface area contributed by atoms with Gasteiger partial charge >= 0.3 is 0 Å². The molecule has 4 atom stereocenters. The van der Waals surface area contributed by atoms with Gasteiger partial charge < -0.3 is 14.3 Å². The summed E-state index contributed by atoms with van der Waals surface area (Å²) in [6.07, 6.45) is 4.80. The number of benzene rings is 4. The second kappa shape index (κ2) is 15.8. The summed E-state index contributed by atoms with van der Waals surface area (Å²) >= 11 is 0. The maximum Gasteiger partial charge on any atom is 0.261 e. The zero-order valence-corrected chi connectivity index (χ0v) is 33.5. The number of carbonyl (C=O) groups is 2. The number of amides is 2. The fourth-order valence-corrected chi connectivity index (χ4v) is 13.9. The van der Waals surface area contributed by atoms with Crippen LogP contribution in [-0.2, 0) is 18.8 Å². The molecule has 0 saturated carbocycles. The van der Waals surface area contributed by atoms with Crippen molar-refractivity contribution >= 4 is 47.8 Å². The fourth-order valence-electron chi connectivity index (χ4n) is 9.32. The molecule has 3 heterocycles. The van der Waals surface area contributed by atoms with Crippen LogP contribution < -0.4 is 15.3 Å². The van der Waals surface area contributed by atoms with Crippen LogP contribution in [0.15, 0.2) is 145 Å². The van der Waals surface area contributed by atoms with Crippen LogP contribution in [0.3, 0.4) is 0 Å². The Bertz CT molecular complexity index is 2270. The maximum absolute atomic E-state index is 14.5. The highest BCUT2D eigenvalue weighted by Crippen LogP contribution is 2.51. The van der Waals surface area contributed by atoms with Crippen molar-refractivity contribution in [2.75, 3.05) is 18.1 Å². The van der Waals surface area contributed by atoms with Gasteiger partial charge in [-0.3, -0.25) is 19.5 Å². The Kier molecular flexibility index (Phi) is 10.6. The highest BCUT2D eigenvalue weighted by molar-refractivity contribution is 6.99. The summed E-state index contributed by atoms with van der Waals surface area (Å²) in [4.78, 5) is 34.7. The van der Waals surface area contributed by atoms with Crippen molar-refractivity contribution in [2.24, 2.45) is 17.8 Å². The SMILES string of the molecule is CC(C)(C)[Si](OCC1=C2[C@@H](CC/C(=C/c3ccc(O)c(F)c3)c3ccccn3)OC[C@@H]2[C@@H]2C(=O)N(c3ccccc3)C(=O)[C@@H]2C1)(c1ccccc1)c1ccccc1. The summed E-state index contributed by atoms with van der Waals surface area (Å²) in [5.41, 5.74) is 4.90. The number of halogens is 1. The average molecular weight is 779 g/mol. The lowest BCUT2D eigenvalue weighted by Crippen LogP contribution is -2.66. The van der Waals surface area contributed by atoms with Crippen molar-refractivity contribution in [1.82, 2.24) is 4.98 Å². The molecule has 0 unspecified atom stereocenters. The van der Waals surface area contributed by atoms with Crippen molar-refractivity contribution in [3.05, 3.63) is 162 Å². The number of hydrogen-bond donors (Lipinski definition) is 1. The van der Waals surface area contributed by atoms with Crippen LogP contribution in [0, 0.1) is 23.6 Å². The van der Waals surface area contributed by atoms with E-state index in [0.29, 0.717) is 43.7 Å². The zero-order valence-electron chi connectivity index (χ0n) is 32.5. The predicted molar refractivity (Wildman–Crippen MR) is 224 cm³/mol. The smallest absolute Gasteiger partial charge is 0.261 e. The summed E-state index contributed by atoms with van der Waals surface area (Å²) in [6, 6.07) is 40.2. The van der Waals surface area contributed by atoms with Gasteiger partial charge in [0.05, 0.1) is 42.5 Å². The minimum absolute atomic E-state index is 0.178. The van der Waals surface area contributed by atoms with Crippen LogP contribution in [0.5, 0.6) is 5.75 Å². The van der Waals surface area contributed by atoms with E-state index in [1.165, 1.54) is 17.0 Å². The third-order valence-corrected chi connectivity index (χ3v) is 16.9. The Morgan fingerprint density at radius 3 is 2.14 bits per heavy atom. The summed E-state index contributed by atoms with van der Waals surface area (Å²) in [5.74, 6) is -2.82. The number of pyridine rings is 1. The lowest BCUT2D eigenvalue weighted by atomic mass is 9.69. The number of phenolic OH excluding ortho intramolecular Hbond substituents is 1. The molecule has 8 rings (SSSR count). The first kappa shape index (κ1) is 38.4. The molecule has 3 aliphatic rings. The predicted octanol–water partition coefficient (Wildman–Crippen LogP) is 8.34. The molecule has 57 heavy (non-hydrogen) atoms. The van der Waals surface area contributed by atoms with Crippen LogP contribution in [0.25, 0.3) is 11.6 Å².